The summed E-state index contributed by atoms with van der Waals surface area (Å²) in [6, 6.07) is 8.79. The molecule has 0 saturated carbocycles. The van der Waals surface area contributed by atoms with Crippen LogP contribution in [-0.4, -0.2) is 35.4 Å². The number of ether oxygens (including phenoxy) is 1. The lowest BCUT2D eigenvalue weighted by molar-refractivity contribution is -0.122. The van der Waals surface area contributed by atoms with Gasteiger partial charge >= 0.3 is 0 Å². The molecule has 136 valence electrons. The lowest BCUT2D eigenvalue weighted by Gasteiger charge is -2.13. The Morgan fingerprint density at radius 1 is 1.31 bits per heavy atom. The van der Waals surface area contributed by atoms with Gasteiger partial charge in [-0.3, -0.25) is 9.69 Å². The van der Waals surface area contributed by atoms with Gasteiger partial charge in [0.05, 0.1) is 9.93 Å². The first-order valence-electron chi connectivity index (χ1n) is 7.79. The highest BCUT2D eigenvalue weighted by molar-refractivity contribution is 8.26. The van der Waals surface area contributed by atoms with Crippen molar-refractivity contribution in [2.75, 3.05) is 20.3 Å². The van der Waals surface area contributed by atoms with Crippen molar-refractivity contribution in [2.24, 2.45) is 0 Å². The summed E-state index contributed by atoms with van der Waals surface area (Å²) in [6.45, 7) is 1.12. The normalized spacial score (nSPS) is 16.1. The molecule has 0 radical (unpaired) electrons. The molecule has 0 atom stereocenters. The number of hydrogen-bond donors (Lipinski definition) is 0. The van der Waals surface area contributed by atoms with E-state index >= 15 is 0 Å². The minimum absolute atomic E-state index is 0.112. The Hall–Kier alpha value is -1.31. The summed E-state index contributed by atoms with van der Waals surface area (Å²) >= 11 is 18.7. The maximum absolute atomic E-state index is 12.5. The molecule has 1 fully saturated rings. The zero-order valence-corrected chi connectivity index (χ0v) is 17.0. The van der Waals surface area contributed by atoms with Crippen LogP contribution in [0.15, 0.2) is 39.7 Å². The molecule has 2 heterocycles. The summed E-state index contributed by atoms with van der Waals surface area (Å²) in [5, 5.41) is 1.06. The van der Waals surface area contributed by atoms with E-state index in [1.165, 1.54) is 11.8 Å². The average Bonchev–Trinajstić information content (AvgIpc) is 3.15. The van der Waals surface area contributed by atoms with Crippen LogP contribution in [0.3, 0.4) is 0 Å². The third kappa shape index (κ3) is 4.32. The Labute approximate surface area is 171 Å². The third-order valence-electron chi connectivity index (χ3n) is 3.70. The van der Waals surface area contributed by atoms with E-state index in [2.05, 4.69) is 0 Å². The molecule has 1 aliphatic rings. The number of thioether (sulfide) groups is 1. The van der Waals surface area contributed by atoms with Gasteiger partial charge in [0.1, 0.15) is 15.8 Å². The van der Waals surface area contributed by atoms with Crippen molar-refractivity contribution in [3.05, 3.63) is 51.0 Å². The van der Waals surface area contributed by atoms with E-state index in [1.807, 2.05) is 0 Å². The molecule has 0 unspecified atom stereocenters. The molecular formula is C18H15Cl2NO3S2. The van der Waals surface area contributed by atoms with Crippen LogP contribution in [0.4, 0.5) is 0 Å². The van der Waals surface area contributed by atoms with Gasteiger partial charge in [-0.25, -0.2) is 0 Å². The van der Waals surface area contributed by atoms with Gasteiger partial charge in [0.15, 0.2) is 0 Å². The molecule has 0 spiro atoms. The van der Waals surface area contributed by atoms with Gasteiger partial charge in [0.25, 0.3) is 5.91 Å². The molecule has 0 bridgehead atoms. The van der Waals surface area contributed by atoms with Crippen LogP contribution in [0, 0.1) is 0 Å². The molecule has 1 aliphatic heterocycles. The number of benzene rings is 1. The monoisotopic (exact) mass is 427 g/mol. The first-order chi connectivity index (χ1) is 12.5. The van der Waals surface area contributed by atoms with Crippen LogP contribution in [0.2, 0.25) is 10.0 Å². The molecule has 1 saturated heterocycles. The van der Waals surface area contributed by atoms with Gasteiger partial charge in [0, 0.05) is 36.9 Å². The van der Waals surface area contributed by atoms with E-state index in [9.17, 15) is 4.79 Å². The van der Waals surface area contributed by atoms with Crippen molar-refractivity contribution in [1.29, 1.82) is 0 Å². The number of nitrogens with zero attached hydrogens (tertiary/aromatic N) is 1. The number of methoxy groups -OCH3 is 1. The molecule has 0 N–H and O–H groups in total. The van der Waals surface area contributed by atoms with Gasteiger partial charge < -0.3 is 9.15 Å². The van der Waals surface area contributed by atoms with Crippen LogP contribution in [-0.2, 0) is 9.53 Å². The van der Waals surface area contributed by atoms with E-state index in [0.717, 1.165) is 12.0 Å². The van der Waals surface area contributed by atoms with Crippen molar-refractivity contribution in [3.8, 4) is 11.3 Å². The Balaban J connectivity index is 1.78. The van der Waals surface area contributed by atoms with Crippen LogP contribution < -0.4 is 0 Å². The van der Waals surface area contributed by atoms with Crippen molar-refractivity contribution in [1.82, 2.24) is 4.90 Å². The number of thiocarbonyl (C=S) groups is 1. The van der Waals surface area contributed by atoms with Gasteiger partial charge in [0.2, 0.25) is 0 Å². The van der Waals surface area contributed by atoms with Crippen LogP contribution >= 0.6 is 47.2 Å². The number of carbonyl (C=O) groups excluding carboxylic acids is 1. The summed E-state index contributed by atoms with van der Waals surface area (Å²) in [5.41, 5.74) is 0.739. The summed E-state index contributed by atoms with van der Waals surface area (Å²) in [7, 11) is 1.63. The predicted molar refractivity (Wildman–Crippen MR) is 111 cm³/mol. The number of rotatable bonds is 6. The van der Waals surface area contributed by atoms with E-state index in [0.29, 0.717) is 43.9 Å². The maximum atomic E-state index is 12.5. The molecular weight excluding hydrogens is 413 g/mol. The number of hydrogen-bond acceptors (Lipinski definition) is 5. The Morgan fingerprint density at radius 3 is 2.85 bits per heavy atom. The number of halogens is 2. The topological polar surface area (TPSA) is 42.7 Å². The fourth-order valence-corrected chi connectivity index (χ4v) is 4.24. The van der Waals surface area contributed by atoms with Gasteiger partial charge in [-0.05, 0) is 36.8 Å². The molecule has 26 heavy (non-hydrogen) atoms. The van der Waals surface area contributed by atoms with E-state index < -0.39 is 0 Å². The lowest BCUT2D eigenvalue weighted by atomic mass is 10.2. The molecule has 2 aromatic rings. The smallest absolute Gasteiger partial charge is 0.266 e. The molecule has 0 aliphatic carbocycles. The zero-order chi connectivity index (χ0) is 18.7. The minimum Gasteiger partial charge on any atom is -0.457 e. The van der Waals surface area contributed by atoms with Crippen molar-refractivity contribution in [3.63, 3.8) is 0 Å². The highest BCUT2D eigenvalue weighted by Crippen LogP contribution is 2.35. The Morgan fingerprint density at radius 2 is 2.12 bits per heavy atom. The van der Waals surface area contributed by atoms with E-state index in [4.69, 9.17) is 44.6 Å². The fourth-order valence-electron chi connectivity index (χ4n) is 2.45. The molecule has 4 nitrogen and oxygen atoms in total. The first-order valence-corrected chi connectivity index (χ1v) is 9.77. The van der Waals surface area contributed by atoms with Crippen LogP contribution in [0.25, 0.3) is 17.4 Å². The Kier molecular flexibility index (Phi) is 6.42. The number of carbonyl (C=O) groups is 1. The van der Waals surface area contributed by atoms with E-state index in [1.54, 1.807) is 48.4 Å². The second kappa shape index (κ2) is 8.59. The lowest BCUT2D eigenvalue weighted by Crippen LogP contribution is -2.29. The standard InChI is InChI=1S/C18H15Cl2NO3S2/c1-23-8-2-7-21-17(22)16(26-18(21)25)10-12-4-6-15(24-12)13-5-3-11(19)9-14(13)20/h3-6,9-10H,2,7-8H2,1H3/b16-10+. The number of furan rings is 1. The van der Waals surface area contributed by atoms with Gasteiger partial charge in [-0.1, -0.05) is 47.2 Å². The van der Waals surface area contributed by atoms with Crippen LogP contribution in [0.5, 0.6) is 0 Å². The quantitative estimate of drug-likeness (QED) is 0.346. The minimum atomic E-state index is -0.112. The SMILES string of the molecule is COCCCN1C(=O)/C(=C\c2ccc(-c3ccc(Cl)cc3Cl)o2)SC1=S. The number of amides is 1. The highest BCUT2D eigenvalue weighted by atomic mass is 35.5. The highest BCUT2D eigenvalue weighted by Gasteiger charge is 2.31. The largest absolute Gasteiger partial charge is 0.457 e. The second-order valence-corrected chi connectivity index (χ2v) is 8.03. The summed E-state index contributed by atoms with van der Waals surface area (Å²) in [4.78, 5) is 14.6. The fraction of sp³-hybridized carbons (Fsp3) is 0.222. The second-order valence-electron chi connectivity index (χ2n) is 5.51. The molecule has 3 rings (SSSR count). The average molecular weight is 428 g/mol. The van der Waals surface area contributed by atoms with Crippen molar-refractivity contribution >= 4 is 63.5 Å². The third-order valence-corrected chi connectivity index (χ3v) is 5.63. The predicted octanol–water partition coefficient (Wildman–Crippen LogP) is 5.49. The van der Waals surface area contributed by atoms with Gasteiger partial charge in [-0.15, -0.1) is 0 Å². The van der Waals surface area contributed by atoms with Gasteiger partial charge in [-0.2, -0.15) is 0 Å². The molecule has 8 heteroatoms. The summed E-state index contributed by atoms with van der Waals surface area (Å²) in [6.07, 6.45) is 2.43. The van der Waals surface area contributed by atoms with E-state index in [-0.39, 0.29) is 5.91 Å². The van der Waals surface area contributed by atoms with Crippen LogP contribution in [0.1, 0.15) is 12.2 Å². The maximum Gasteiger partial charge on any atom is 0.266 e. The first kappa shape index (κ1) is 19.5. The molecule has 1 amide bonds. The Bertz CT molecular complexity index is 879. The summed E-state index contributed by atoms with van der Waals surface area (Å²) < 4.78 is 11.4. The molecule has 1 aromatic carbocycles. The van der Waals surface area contributed by atoms with Crippen molar-refractivity contribution < 1.29 is 13.9 Å². The molecule has 1 aromatic heterocycles. The van der Waals surface area contributed by atoms with Crippen molar-refractivity contribution in [2.45, 2.75) is 6.42 Å². The zero-order valence-electron chi connectivity index (χ0n) is 13.8. The summed E-state index contributed by atoms with van der Waals surface area (Å²) in [5.74, 6) is 1.05.